The van der Waals surface area contributed by atoms with Crippen molar-refractivity contribution in [1.82, 2.24) is 15.5 Å². The summed E-state index contributed by atoms with van der Waals surface area (Å²) >= 11 is 0. The van der Waals surface area contributed by atoms with Crippen LogP contribution in [0.15, 0.2) is 0 Å². The smallest absolute Gasteiger partial charge is 0.0682 e. The largest absolute Gasteiger partial charge is 0.312 e. The Balaban J connectivity index is 0.000000605. The van der Waals surface area contributed by atoms with Gasteiger partial charge in [-0.3, -0.25) is 5.10 Å². The van der Waals surface area contributed by atoms with Crippen molar-refractivity contribution in [2.75, 3.05) is 6.54 Å². The Hall–Kier alpha value is -0.250. The van der Waals surface area contributed by atoms with Crippen LogP contribution in [0.1, 0.15) is 17.0 Å². The van der Waals surface area contributed by atoms with Crippen LogP contribution >= 0.6 is 24.8 Å². The van der Waals surface area contributed by atoms with Gasteiger partial charge in [0.15, 0.2) is 0 Å². The second-order valence-corrected chi connectivity index (χ2v) is 2.70. The van der Waals surface area contributed by atoms with E-state index >= 15 is 0 Å². The fourth-order valence-corrected chi connectivity index (χ4v) is 1.36. The summed E-state index contributed by atoms with van der Waals surface area (Å²) in [5.74, 6) is 0. The molecule has 0 radical (unpaired) electrons. The van der Waals surface area contributed by atoms with Crippen LogP contribution in [0.2, 0.25) is 0 Å². The number of aromatic nitrogens is 2. The molecule has 2 N–H and O–H groups in total. The molecule has 1 aromatic heterocycles. The molecule has 0 atom stereocenters. The summed E-state index contributed by atoms with van der Waals surface area (Å²) in [4.78, 5) is 0. The lowest BCUT2D eigenvalue weighted by atomic mass is 10.1. The molecule has 1 aromatic rings. The molecular weight excluding hydrogens is 197 g/mol. The Morgan fingerprint density at radius 1 is 1.33 bits per heavy atom. The second kappa shape index (κ2) is 4.70. The molecule has 0 fully saturated rings. The van der Waals surface area contributed by atoms with Crippen LogP contribution in [0.25, 0.3) is 0 Å². The van der Waals surface area contributed by atoms with E-state index in [1.54, 1.807) is 0 Å². The van der Waals surface area contributed by atoms with Crippen molar-refractivity contribution in [2.24, 2.45) is 0 Å². The van der Waals surface area contributed by atoms with Gasteiger partial charge in [0.05, 0.1) is 5.69 Å². The zero-order chi connectivity index (χ0) is 6.97. The minimum Gasteiger partial charge on any atom is -0.312 e. The lowest BCUT2D eigenvalue weighted by Gasteiger charge is -2.10. The highest BCUT2D eigenvalue weighted by Crippen LogP contribution is 2.13. The van der Waals surface area contributed by atoms with Crippen LogP contribution in [0.5, 0.6) is 0 Å². The summed E-state index contributed by atoms with van der Waals surface area (Å²) in [5, 5.41) is 10.5. The lowest BCUT2D eigenvalue weighted by Crippen LogP contribution is -2.23. The topological polar surface area (TPSA) is 40.7 Å². The highest BCUT2D eigenvalue weighted by molar-refractivity contribution is 5.85. The predicted molar refractivity (Wildman–Crippen MR) is 53.2 cm³/mol. The number of halogens is 2. The van der Waals surface area contributed by atoms with Crippen molar-refractivity contribution in [3.63, 3.8) is 0 Å². The number of hydrogen-bond donors (Lipinski definition) is 2. The van der Waals surface area contributed by atoms with Gasteiger partial charge in [0.25, 0.3) is 0 Å². The number of nitrogens with zero attached hydrogens (tertiary/aromatic N) is 1. The fraction of sp³-hybridized carbons (Fsp3) is 0.571. The van der Waals surface area contributed by atoms with Crippen molar-refractivity contribution < 1.29 is 0 Å². The molecule has 1 aliphatic rings. The number of hydrogen-bond acceptors (Lipinski definition) is 2. The fourth-order valence-electron chi connectivity index (χ4n) is 1.36. The summed E-state index contributed by atoms with van der Waals surface area (Å²) in [6.45, 7) is 4.12. The molecule has 0 bridgehead atoms. The first-order chi connectivity index (χ1) is 4.88. The predicted octanol–water partition coefficient (Wildman–Crippen LogP) is 1.21. The van der Waals surface area contributed by atoms with Gasteiger partial charge in [0, 0.05) is 30.8 Å². The van der Waals surface area contributed by atoms with Gasteiger partial charge in [-0.05, 0) is 6.92 Å². The minimum absolute atomic E-state index is 0. The van der Waals surface area contributed by atoms with E-state index in [4.69, 9.17) is 0 Å². The molecule has 3 nitrogen and oxygen atoms in total. The SMILES string of the molecule is Cc1[nH]nc2c1CNCC2.Cl.Cl. The Morgan fingerprint density at radius 3 is 2.75 bits per heavy atom. The average molecular weight is 210 g/mol. The Bertz CT molecular complexity index is 247. The van der Waals surface area contributed by atoms with E-state index in [2.05, 4.69) is 22.4 Å². The molecule has 0 aromatic carbocycles. The van der Waals surface area contributed by atoms with Crippen LogP contribution in [-0.4, -0.2) is 16.7 Å². The van der Waals surface area contributed by atoms with Gasteiger partial charge < -0.3 is 5.32 Å². The minimum atomic E-state index is 0. The molecule has 1 aliphatic heterocycles. The van der Waals surface area contributed by atoms with Gasteiger partial charge in [0.1, 0.15) is 0 Å². The van der Waals surface area contributed by atoms with E-state index in [1.165, 1.54) is 17.0 Å². The molecule has 5 heteroatoms. The Kier molecular flexibility index (Phi) is 4.60. The third kappa shape index (κ3) is 1.91. The molecule has 12 heavy (non-hydrogen) atoms. The quantitative estimate of drug-likeness (QED) is 0.675. The highest BCUT2D eigenvalue weighted by Gasteiger charge is 2.12. The van der Waals surface area contributed by atoms with Gasteiger partial charge in [-0.2, -0.15) is 5.10 Å². The van der Waals surface area contributed by atoms with Crippen LogP contribution in [0.4, 0.5) is 0 Å². The van der Waals surface area contributed by atoms with Crippen molar-refractivity contribution in [1.29, 1.82) is 0 Å². The molecule has 70 valence electrons. The number of aryl methyl sites for hydroxylation is 1. The molecule has 2 heterocycles. The van der Waals surface area contributed by atoms with E-state index < -0.39 is 0 Å². The van der Waals surface area contributed by atoms with Crippen LogP contribution in [0.3, 0.4) is 0 Å². The van der Waals surface area contributed by atoms with Crippen LogP contribution in [0, 0.1) is 6.92 Å². The van der Waals surface area contributed by atoms with E-state index in [-0.39, 0.29) is 24.8 Å². The third-order valence-electron chi connectivity index (χ3n) is 2.00. The van der Waals surface area contributed by atoms with Crippen molar-refractivity contribution in [2.45, 2.75) is 19.9 Å². The maximum absolute atomic E-state index is 4.19. The first kappa shape index (κ1) is 11.8. The van der Waals surface area contributed by atoms with Gasteiger partial charge in [0.2, 0.25) is 0 Å². The summed E-state index contributed by atoms with van der Waals surface area (Å²) in [6, 6.07) is 0. The molecule has 0 aliphatic carbocycles. The van der Waals surface area contributed by atoms with Gasteiger partial charge in [-0.25, -0.2) is 0 Å². The maximum Gasteiger partial charge on any atom is 0.0682 e. The van der Waals surface area contributed by atoms with Crippen molar-refractivity contribution >= 4 is 24.8 Å². The zero-order valence-electron chi connectivity index (χ0n) is 6.89. The van der Waals surface area contributed by atoms with Crippen molar-refractivity contribution in [3.05, 3.63) is 17.0 Å². The van der Waals surface area contributed by atoms with E-state index in [0.717, 1.165) is 19.5 Å². The number of fused-ring (bicyclic) bond motifs is 1. The van der Waals surface area contributed by atoms with E-state index in [9.17, 15) is 0 Å². The molecule has 0 unspecified atom stereocenters. The molecular formula is C7H13Cl2N3. The first-order valence-corrected chi connectivity index (χ1v) is 3.61. The molecule has 0 saturated heterocycles. The number of H-pyrrole nitrogens is 1. The second-order valence-electron chi connectivity index (χ2n) is 2.70. The average Bonchev–Trinajstić information content (AvgIpc) is 2.34. The summed E-state index contributed by atoms with van der Waals surface area (Å²) in [5.41, 5.74) is 3.82. The van der Waals surface area contributed by atoms with E-state index in [1.807, 2.05) is 0 Å². The molecule has 0 spiro atoms. The number of rotatable bonds is 0. The summed E-state index contributed by atoms with van der Waals surface area (Å²) in [7, 11) is 0. The molecule has 0 amide bonds. The van der Waals surface area contributed by atoms with Gasteiger partial charge >= 0.3 is 0 Å². The normalized spacial score (nSPS) is 14.1. The van der Waals surface area contributed by atoms with Gasteiger partial charge in [-0.1, -0.05) is 0 Å². The zero-order valence-corrected chi connectivity index (χ0v) is 8.52. The van der Waals surface area contributed by atoms with Crippen LogP contribution in [-0.2, 0) is 13.0 Å². The highest BCUT2D eigenvalue weighted by atomic mass is 35.5. The molecule has 2 rings (SSSR count). The van der Waals surface area contributed by atoms with Crippen LogP contribution < -0.4 is 5.32 Å². The molecule has 0 saturated carbocycles. The first-order valence-electron chi connectivity index (χ1n) is 3.61. The standard InChI is InChI=1S/C7H11N3.2ClH/c1-5-6-4-8-3-2-7(6)10-9-5;;/h8H,2-4H2,1H3,(H,9,10);2*1H. The number of nitrogens with one attached hydrogen (secondary N) is 2. The summed E-state index contributed by atoms with van der Waals surface area (Å²) < 4.78 is 0. The van der Waals surface area contributed by atoms with Gasteiger partial charge in [-0.15, -0.1) is 24.8 Å². The third-order valence-corrected chi connectivity index (χ3v) is 2.00. The Labute approximate surface area is 84.1 Å². The lowest BCUT2D eigenvalue weighted by molar-refractivity contribution is 0.635. The Morgan fingerprint density at radius 2 is 2.08 bits per heavy atom. The maximum atomic E-state index is 4.19. The van der Waals surface area contributed by atoms with Crippen molar-refractivity contribution in [3.8, 4) is 0 Å². The van der Waals surface area contributed by atoms with E-state index in [0.29, 0.717) is 0 Å². The number of aromatic amines is 1. The monoisotopic (exact) mass is 209 g/mol. The summed E-state index contributed by atoms with van der Waals surface area (Å²) in [6.07, 6.45) is 1.07.